The number of rotatable bonds is 4. The Morgan fingerprint density at radius 2 is 1.46 bits per heavy atom. The molecule has 3 nitrogen and oxygen atoms in total. The topological polar surface area (TPSA) is 38.7 Å². The van der Waals surface area contributed by atoms with Crippen LogP contribution in [0.2, 0.25) is 5.02 Å². The first-order valence-electron chi connectivity index (χ1n) is 8.37. The first kappa shape index (κ1) is 16.6. The Balaban J connectivity index is 1.74. The van der Waals surface area contributed by atoms with Gasteiger partial charge in [-0.3, -0.25) is 4.79 Å². The van der Waals surface area contributed by atoms with Crippen LogP contribution < -0.4 is 0 Å². The third kappa shape index (κ3) is 3.14. The number of nitrogens with zero attached hydrogens (tertiary/aromatic N) is 1. The standard InChI is InChI=1S/C22H16ClNO2/c23-18-14-8-7-13-17(18)22-24-19(15-9-3-1-4-10-15)21(26-22)20(25)16-11-5-2-6-12-16/h1-14,19,21H/t19-,21+/m1/s1. The smallest absolute Gasteiger partial charge is 0.219 e. The van der Waals surface area contributed by atoms with E-state index in [1.165, 1.54) is 0 Å². The number of ketones is 1. The Morgan fingerprint density at radius 1 is 0.846 bits per heavy atom. The summed E-state index contributed by atoms with van der Waals surface area (Å²) in [5.74, 6) is 0.309. The summed E-state index contributed by atoms with van der Waals surface area (Å²) in [6, 6.07) is 25.8. The van der Waals surface area contributed by atoms with E-state index in [9.17, 15) is 4.79 Å². The zero-order chi connectivity index (χ0) is 17.9. The van der Waals surface area contributed by atoms with Crippen LogP contribution in [-0.2, 0) is 4.74 Å². The van der Waals surface area contributed by atoms with Gasteiger partial charge < -0.3 is 4.74 Å². The summed E-state index contributed by atoms with van der Waals surface area (Å²) < 4.78 is 6.03. The summed E-state index contributed by atoms with van der Waals surface area (Å²) in [5, 5.41) is 0.547. The first-order chi connectivity index (χ1) is 12.7. The van der Waals surface area contributed by atoms with Crippen molar-refractivity contribution < 1.29 is 9.53 Å². The number of hydrogen-bond acceptors (Lipinski definition) is 3. The summed E-state index contributed by atoms with van der Waals surface area (Å²) in [5.41, 5.74) is 2.23. The number of aliphatic imine (C=N–C) groups is 1. The van der Waals surface area contributed by atoms with E-state index in [-0.39, 0.29) is 5.78 Å². The number of halogens is 1. The Bertz CT molecular complexity index is 954. The minimum Gasteiger partial charge on any atom is -0.463 e. The van der Waals surface area contributed by atoms with Crippen molar-refractivity contribution in [1.82, 2.24) is 0 Å². The molecule has 1 heterocycles. The van der Waals surface area contributed by atoms with E-state index in [2.05, 4.69) is 0 Å². The summed E-state index contributed by atoms with van der Waals surface area (Å²) in [6.45, 7) is 0. The molecule has 4 heteroatoms. The van der Waals surface area contributed by atoms with Crippen molar-refractivity contribution in [1.29, 1.82) is 0 Å². The van der Waals surface area contributed by atoms with Gasteiger partial charge in [-0.05, 0) is 17.7 Å². The predicted octanol–water partition coefficient (Wildman–Crippen LogP) is 5.11. The summed E-state index contributed by atoms with van der Waals surface area (Å²) in [7, 11) is 0. The lowest BCUT2D eigenvalue weighted by atomic mass is 9.96. The summed E-state index contributed by atoms with van der Waals surface area (Å²) >= 11 is 6.30. The van der Waals surface area contributed by atoms with Crippen molar-refractivity contribution in [3.8, 4) is 0 Å². The largest absolute Gasteiger partial charge is 0.463 e. The van der Waals surface area contributed by atoms with Crippen LogP contribution in [0, 0.1) is 0 Å². The molecule has 0 fully saturated rings. The van der Waals surface area contributed by atoms with Crippen molar-refractivity contribution in [3.63, 3.8) is 0 Å². The molecule has 0 spiro atoms. The van der Waals surface area contributed by atoms with Gasteiger partial charge >= 0.3 is 0 Å². The van der Waals surface area contributed by atoms with Crippen molar-refractivity contribution >= 4 is 23.3 Å². The number of benzene rings is 3. The van der Waals surface area contributed by atoms with Crippen molar-refractivity contribution in [2.24, 2.45) is 4.99 Å². The minimum absolute atomic E-state index is 0.0924. The quantitative estimate of drug-likeness (QED) is 0.606. The summed E-state index contributed by atoms with van der Waals surface area (Å²) in [4.78, 5) is 17.8. The average Bonchev–Trinajstić information content (AvgIpc) is 3.14. The van der Waals surface area contributed by atoms with Crippen molar-refractivity contribution in [3.05, 3.63) is 107 Å². The molecule has 3 aromatic carbocycles. The van der Waals surface area contributed by atoms with E-state index in [0.717, 1.165) is 5.56 Å². The third-order valence-corrected chi connectivity index (χ3v) is 4.67. The zero-order valence-corrected chi connectivity index (χ0v) is 14.6. The Morgan fingerprint density at radius 3 is 2.15 bits per heavy atom. The Labute approximate surface area is 156 Å². The average molecular weight is 362 g/mol. The normalized spacial score (nSPS) is 18.9. The molecule has 0 aromatic heterocycles. The fourth-order valence-electron chi connectivity index (χ4n) is 3.04. The molecule has 0 saturated heterocycles. The van der Waals surface area contributed by atoms with Crippen LogP contribution in [0.5, 0.6) is 0 Å². The van der Waals surface area contributed by atoms with Crippen LogP contribution in [0.4, 0.5) is 0 Å². The van der Waals surface area contributed by atoms with Crippen LogP contribution in [0.1, 0.15) is 27.5 Å². The van der Waals surface area contributed by atoms with Crippen LogP contribution >= 0.6 is 11.6 Å². The SMILES string of the molecule is O=C(c1ccccc1)[C@H]1OC(c2ccccc2Cl)=N[C@@H]1c1ccccc1. The molecule has 4 rings (SSSR count). The van der Waals surface area contributed by atoms with Gasteiger partial charge in [0.15, 0.2) is 6.10 Å². The zero-order valence-electron chi connectivity index (χ0n) is 13.9. The van der Waals surface area contributed by atoms with Gasteiger partial charge in [-0.25, -0.2) is 4.99 Å². The molecule has 0 unspecified atom stereocenters. The molecule has 0 N–H and O–H groups in total. The highest BCUT2D eigenvalue weighted by Crippen LogP contribution is 2.34. The fourth-order valence-corrected chi connectivity index (χ4v) is 3.26. The third-order valence-electron chi connectivity index (χ3n) is 4.34. The number of Topliss-reactive ketones (excluding diaryl/α,β-unsaturated/α-hetero) is 1. The van der Waals surface area contributed by atoms with Gasteiger partial charge in [-0.2, -0.15) is 0 Å². The van der Waals surface area contributed by atoms with Crippen molar-refractivity contribution in [2.45, 2.75) is 12.1 Å². The molecule has 128 valence electrons. The van der Waals surface area contributed by atoms with Crippen LogP contribution in [0.15, 0.2) is 89.9 Å². The van der Waals surface area contributed by atoms with E-state index in [0.29, 0.717) is 22.0 Å². The molecule has 0 amide bonds. The lowest BCUT2D eigenvalue weighted by Gasteiger charge is -2.17. The molecule has 1 aliphatic heterocycles. The van der Waals surface area contributed by atoms with Crippen LogP contribution in [0.25, 0.3) is 0 Å². The molecule has 3 aromatic rings. The highest BCUT2D eigenvalue weighted by molar-refractivity contribution is 6.34. The lowest BCUT2D eigenvalue weighted by Crippen LogP contribution is -2.27. The van der Waals surface area contributed by atoms with Crippen LogP contribution in [-0.4, -0.2) is 17.8 Å². The molecule has 26 heavy (non-hydrogen) atoms. The number of hydrogen-bond donors (Lipinski definition) is 0. The maximum absolute atomic E-state index is 13.1. The fraction of sp³-hybridized carbons (Fsp3) is 0.0909. The predicted molar refractivity (Wildman–Crippen MR) is 103 cm³/mol. The highest BCUT2D eigenvalue weighted by atomic mass is 35.5. The van der Waals surface area contributed by atoms with Crippen LogP contribution in [0.3, 0.4) is 0 Å². The monoisotopic (exact) mass is 361 g/mol. The van der Waals surface area contributed by atoms with Gasteiger partial charge in [0.2, 0.25) is 11.7 Å². The first-order valence-corrected chi connectivity index (χ1v) is 8.75. The molecule has 0 aliphatic carbocycles. The Hall–Kier alpha value is -2.91. The van der Waals surface area contributed by atoms with E-state index >= 15 is 0 Å². The van der Waals surface area contributed by atoms with Gasteiger partial charge in [-0.1, -0.05) is 84.4 Å². The van der Waals surface area contributed by atoms with E-state index < -0.39 is 12.1 Å². The van der Waals surface area contributed by atoms with E-state index in [4.69, 9.17) is 21.3 Å². The number of carbonyl (C=O) groups excluding carboxylic acids is 1. The number of carbonyl (C=O) groups is 1. The lowest BCUT2D eigenvalue weighted by molar-refractivity contribution is 0.0774. The second-order valence-electron chi connectivity index (χ2n) is 6.04. The summed E-state index contributed by atoms with van der Waals surface area (Å²) in [6.07, 6.45) is -0.717. The second-order valence-corrected chi connectivity index (χ2v) is 6.45. The van der Waals surface area contributed by atoms with Gasteiger partial charge in [0.05, 0.1) is 10.6 Å². The number of ether oxygens (including phenoxy) is 1. The van der Waals surface area contributed by atoms with Gasteiger partial charge in [0, 0.05) is 5.56 Å². The molecule has 0 saturated carbocycles. The molecule has 0 radical (unpaired) electrons. The van der Waals surface area contributed by atoms with Gasteiger partial charge in [0.1, 0.15) is 6.04 Å². The molecule has 1 aliphatic rings. The molecule has 2 atom stereocenters. The molecule has 0 bridgehead atoms. The minimum atomic E-state index is -0.717. The maximum Gasteiger partial charge on any atom is 0.219 e. The Kier molecular flexibility index (Phi) is 4.55. The second kappa shape index (κ2) is 7.14. The maximum atomic E-state index is 13.1. The van der Waals surface area contributed by atoms with Gasteiger partial charge in [-0.15, -0.1) is 0 Å². The molecular weight excluding hydrogens is 346 g/mol. The van der Waals surface area contributed by atoms with Crippen molar-refractivity contribution in [2.75, 3.05) is 0 Å². The highest BCUT2D eigenvalue weighted by Gasteiger charge is 2.38. The van der Waals surface area contributed by atoms with Gasteiger partial charge in [0.25, 0.3) is 0 Å². The van der Waals surface area contributed by atoms with E-state index in [1.807, 2.05) is 66.7 Å². The van der Waals surface area contributed by atoms with E-state index in [1.54, 1.807) is 18.2 Å². The molecular formula is C22H16ClNO2.